The summed E-state index contributed by atoms with van der Waals surface area (Å²) in [5, 5.41) is 13.0. The minimum Gasteiger partial charge on any atom is -0.490 e. The van der Waals surface area contributed by atoms with Crippen LogP contribution in [-0.4, -0.2) is 12.5 Å². The number of anilines is 1. The van der Waals surface area contributed by atoms with Gasteiger partial charge >= 0.3 is 0 Å². The summed E-state index contributed by atoms with van der Waals surface area (Å²) in [6, 6.07) is 20.3. The maximum Gasteiger partial charge on any atom is 0.266 e. The molecule has 3 rings (SSSR count). The number of hydrogen-bond donors (Lipinski definition) is 1. The topological polar surface area (TPSA) is 71.3 Å². The highest BCUT2D eigenvalue weighted by atomic mass is 79.9. The van der Waals surface area contributed by atoms with Gasteiger partial charge in [0.05, 0.1) is 6.61 Å². The lowest BCUT2D eigenvalue weighted by Crippen LogP contribution is -2.14. The third kappa shape index (κ3) is 6.61. The molecule has 5 nitrogen and oxygen atoms in total. The molecule has 3 aromatic rings. The van der Waals surface area contributed by atoms with Gasteiger partial charge < -0.3 is 14.8 Å². The van der Waals surface area contributed by atoms with Gasteiger partial charge in [-0.3, -0.25) is 4.79 Å². The summed E-state index contributed by atoms with van der Waals surface area (Å²) in [6.07, 6.45) is 1.52. The zero-order valence-corrected chi connectivity index (χ0v) is 20.5. The van der Waals surface area contributed by atoms with Crippen LogP contribution < -0.4 is 14.8 Å². The molecule has 0 spiro atoms. The van der Waals surface area contributed by atoms with E-state index in [1.807, 2.05) is 50.2 Å². The third-order valence-corrected chi connectivity index (χ3v) is 5.67. The number of hydrogen-bond acceptors (Lipinski definition) is 4. The Hall–Kier alpha value is -3.27. The standard InChI is InChI=1S/C26H22BrClN2O3/c1-3-32-24-13-19(12-20(15-29)26(31)30-23-7-5-4-6-17(23)2)22(27)14-25(24)33-16-18-8-10-21(28)11-9-18/h4-14H,3,16H2,1-2H3,(H,30,31)/b20-12+. The molecule has 1 amide bonds. The number of nitriles is 1. The van der Waals surface area contributed by atoms with E-state index in [0.717, 1.165) is 11.1 Å². The monoisotopic (exact) mass is 524 g/mol. The largest absolute Gasteiger partial charge is 0.490 e. The minimum absolute atomic E-state index is 0.0313. The fraction of sp³-hybridized carbons (Fsp3) is 0.154. The van der Waals surface area contributed by atoms with E-state index in [1.54, 1.807) is 30.3 Å². The molecule has 0 aromatic heterocycles. The maximum absolute atomic E-state index is 12.7. The van der Waals surface area contributed by atoms with Crippen molar-refractivity contribution in [3.8, 4) is 17.6 Å². The zero-order valence-electron chi connectivity index (χ0n) is 18.2. The molecule has 0 heterocycles. The van der Waals surface area contributed by atoms with Crippen LogP contribution in [0.4, 0.5) is 5.69 Å². The highest BCUT2D eigenvalue weighted by Crippen LogP contribution is 2.35. The highest BCUT2D eigenvalue weighted by Gasteiger charge is 2.15. The van der Waals surface area contributed by atoms with E-state index >= 15 is 0 Å². The summed E-state index contributed by atoms with van der Waals surface area (Å²) in [6.45, 7) is 4.53. The first-order valence-corrected chi connectivity index (χ1v) is 11.4. The van der Waals surface area contributed by atoms with Gasteiger partial charge in [-0.15, -0.1) is 0 Å². The van der Waals surface area contributed by atoms with E-state index in [9.17, 15) is 10.1 Å². The second-order valence-corrected chi connectivity index (χ2v) is 8.40. The Labute approximate surface area is 206 Å². The number of aryl methyl sites for hydroxylation is 1. The molecule has 0 saturated heterocycles. The fourth-order valence-corrected chi connectivity index (χ4v) is 3.55. The molecule has 1 N–H and O–H groups in total. The van der Waals surface area contributed by atoms with Crippen molar-refractivity contribution >= 4 is 45.2 Å². The quantitative estimate of drug-likeness (QED) is 0.256. The van der Waals surface area contributed by atoms with Crippen LogP contribution in [0.1, 0.15) is 23.6 Å². The summed E-state index contributed by atoms with van der Waals surface area (Å²) in [7, 11) is 0. The summed E-state index contributed by atoms with van der Waals surface area (Å²) in [4.78, 5) is 12.7. The van der Waals surface area contributed by atoms with Crippen LogP contribution in [0.2, 0.25) is 5.02 Å². The Kier molecular flexibility index (Phi) is 8.53. The van der Waals surface area contributed by atoms with E-state index in [2.05, 4.69) is 21.2 Å². The molecule has 0 bridgehead atoms. The molecule has 0 aliphatic heterocycles. The minimum atomic E-state index is -0.486. The number of nitrogens with one attached hydrogen (secondary N) is 1. The predicted octanol–water partition coefficient (Wildman–Crippen LogP) is 6.93. The van der Waals surface area contributed by atoms with Gasteiger partial charge in [0.2, 0.25) is 0 Å². The van der Waals surface area contributed by atoms with Gasteiger partial charge in [0, 0.05) is 15.2 Å². The number of halogens is 2. The van der Waals surface area contributed by atoms with Gasteiger partial charge in [-0.25, -0.2) is 0 Å². The van der Waals surface area contributed by atoms with Crippen LogP contribution in [-0.2, 0) is 11.4 Å². The van der Waals surface area contributed by atoms with Gasteiger partial charge in [-0.1, -0.05) is 57.9 Å². The molecule has 0 aliphatic rings. The first kappa shape index (κ1) is 24.4. The predicted molar refractivity (Wildman–Crippen MR) is 134 cm³/mol. The summed E-state index contributed by atoms with van der Waals surface area (Å²) in [5.41, 5.74) is 3.11. The number of rotatable bonds is 8. The average molecular weight is 526 g/mol. The van der Waals surface area contributed by atoms with Crippen molar-refractivity contribution < 1.29 is 14.3 Å². The van der Waals surface area contributed by atoms with Crippen molar-refractivity contribution in [2.45, 2.75) is 20.5 Å². The number of carbonyl (C=O) groups excluding carboxylic acids is 1. The summed E-state index contributed by atoms with van der Waals surface area (Å²) >= 11 is 9.45. The van der Waals surface area contributed by atoms with Crippen molar-refractivity contribution in [1.29, 1.82) is 5.26 Å². The first-order chi connectivity index (χ1) is 15.9. The van der Waals surface area contributed by atoms with E-state index in [-0.39, 0.29) is 5.57 Å². The van der Waals surface area contributed by atoms with Crippen LogP contribution >= 0.6 is 27.5 Å². The van der Waals surface area contributed by atoms with Gasteiger partial charge in [0.15, 0.2) is 11.5 Å². The molecule has 168 valence electrons. The maximum atomic E-state index is 12.7. The van der Waals surface area contributed by atoms with E-state index in [4.69, 9.17) is 21.1 Å². The van der Waals surface area contributed by atoms with Gasteiger partial charge in [-0.05, 0) is 66.9 Å². The van der Waals surface area contributed by atoms with Gasteiger partial charge in [0.1, 0.15) is 18.2 Å². The summed E-state index contributed by atoms with van der Waals surface area (Å²) in [5.74, 6) is 0.566. The zero-order chi connectivity index (χ0) is 23.8. The highest BCUT2D eigenvalue weighted by molar-refractivity contribution is 9.10. The number of amides is 1. The van der Waals surface area contributed by atoms with Crippen LogP contribution in [0.15, 0.2) is 70.7 Å². The molecule has 0 unspecified atom stereocenters. The molecule has 7 heteroatoms. The van der Waals surface area contributed by atoms with Crippen LogP contribution in [0.5, 0.6) is 11.5 Å². The molecule has 0 aliphatic carbocycles. The van der Waals surface area contributed by atoms with Gasteiger partial charge in [-0.2, -0.15) is 5.26 Å². The summed E-state index contributed by atoms with van der Waals surface area (Å²) < 4.78 is 12.4. The second kappa shape index (κ2) is 11.6. The van der Waals surface area contributed by atoms with E-state index in [1.165, 1.54) is 6.08 Å². The Morgan fingerprint density at radius 2 is 1.82 bits per heavy atom. The second-order valence-electron chi connectivity index (χ2n) is 7.11. The lowest BCUT2D eigenvalue weighted by atomic mass is 10.1. The van der Waals surface area contributed by atoms with E-state index < -0.39 is 5.91 Å². The van der Waals surface area contributed by atoms with E-state index in [0.29, 0.717) is 45.5 Å². The SMILES string of the molecule is CCOc1cc(/C=C(\C#N)C(=O)Nc2ccccc2C)c(Br)cc1OCc1ccc(Cl)cc1. The third-order valence-electron chi connectivity index (χ3n) is 4.73. The molecule has 0 fully saturated rings. The number of carbonyl (C=O) groups is 1. The lowest BCUT2D eigenvalue weighted by Gasteiger charge is -2.14. The van der Waals surface area contributed by atoms with Crippen molar-refractivity contribution in [3.63, 3.8) is 0 Å². The normalized spacial score (nSPS) is 10.9. The first-order valence-electron chi connectivity index (χ1n) is 10.2. The number of ether oxygens (including phenoxy) is 2. The number of para-hydroxylation sites is 1. The molecule has 3 aromatic carbocycles. The lowest BCUT2D eigenvalue weighted by molar-refractivity contribution is -0.112. The van der Waals surface area contributed by atoms with Crippen molar-refractivity contribution in [2.24, 2.45) is 0 Å². The van der Waals surface area contributed by atoms with Crippen LogP contribution in [0.3, 0.4) is 0 Å². The molecule has 33 heavy (non-hydrogen) atoms. The number of benzene rings is 3. The Balaban J connectivity index is 1.85. The number of nitrogens with zero attached hydrogens (tertiary/aromatic N) is 1. The Bertz CT molecular complexity index is 1220. The molecule has 0 radical (unpaired) electrons. The van der Waals surface area contributed by atoms with Gasteiger partial charge in [0.25, 0.3) is 5.91 Å². The Morgan fingerprint density at radius 1 is 1.12 bits per heavy atom. The van der Waals surface area contributed by atoms with Crippen molar-refractivity contribution in [1.82, 2.24) is 0 Å². The smallest absolute Gasteiger partial charge is 0.266 e. The van der Waals surface area contributed by atoms with Crippen molar-refractivity contribution in [2.75, 3.05) is 11.9 Å². The van der Waals surface area contributed by atoms with Crippen LogP contribution in [0, 0.1) is 18.3 Å². The molecular weight excluding hydrogens is 504 g/mol. The van der Waals surface area contributed by atoms with Crippen molar-refractivity contribution in [3.05, 3.63) is 92.4 Å². The fourth-order valence-electron chi connectivity index (χ4n) is 2.99. The molecule has 0 atom stereocenters. The molecule has 0 saturated carbocycles. The molecular formula is C26H22BrClN2O3. The average Bonchev–Trinajstić information content (AvgIpc) is 2.80. The van der Waals surface area contributed by atoms with Crippen LogP contribution in [0.25, 0.3) is 6.08 Å². The Morgan fingerprint density at radius 3 is 2.48 bits per heavy atom.